The first kappa shape index (κ1) is 16.6. The van der Waals surface area contributed by atoms with Crippen molar-refractivity contribution in [3.63, 3.8) is 0 Å². The summed E-state index contributed by atoms with van der Waals surface area (Å²) in [5, 5.41) is 3.64. The number of carbonyl (C=O) groups is 2. The SMILES string of the molecule is COC(=O)c1cc(CNC(=O)c2cc3ccccc3o2)ccc1OC. The van der Waals surface area contributed by atoms with Gasteiger partial charge in [0.15, 0.2) is 5.76 Å². The van der Waals surface area contributed by atoms with Crippen LogP contribution >= 0.6 is 0 Å². The molecule has 0 aliphatic rings. The summed E-state index contributed by atoms with van der Waals surface area (Å²) in [6.07, 6.45) is 0. The molecule has 25 heavy (non-hydrogen) atoms. The Morgan fingerprint density at radius 2 is 1.88 bits per heavy atom. The fourth-order valence-corrected chi connectivity index (χ4v) is 2.50. The average molecular weight is 339 g/mol. The quantitative estimate of drug-likeness (QED) is 0.723. The predicted molar refractivity (Wildman–Crippen MR) is 91.7 cm³/mol. The molecule has 3 rings (SSSR count). The Morgan fingerprint density at radius 3 is 2.60 bits per heavy atom. The number of methoxy groups -OCH3 is 2. The highest BCUT2D eigenvalue weighted by Crippen LogP contribution is 2.21. The van der Waals surface area contributed by atoms with Crippen molar-refractivity contribution in [1.82, 2.24) is 5.32 Å². The van der Waals surface area contributed by atoms with Gasteiger partial charge in [-0.1, -0.05) is 24.3 Å². The maximum Gasteiger partial charge on any atom is 0.341 e. The summed E-state index contributed by atoms with van der Waals surface area (Å²) in [6.45, 7) is 0.240. The van der Waals surface area contributed by atoms with Crippen LogP contribution in [0.15, 0.2) is 52.9 Å². The molecule has 0 fully saturated rings. The van der Waals surface area contributed by atoms with E-state index in [-0.39, 0.29) is 18.2 Å². The van der Waals surface area contributed by atoms with Crippen molar-refractivity contribution in [3.8, 4) is 5.75 Å². The summed E-state index contributed by atoms with van der Waals surface area (Å²) >= 11 is 0. The van der Waals surface area contributed by atoms with Gasteiger partial charge in [0.1, 0.15) is 16.9 Å². The molecule has 128 valence electrons. The van der Waals surface area contributed by atoms with E-state index in [0.29, 0.717) is 16.9 Å². The monoisotopic (exact) mass is 339 g/mol. The molecular formula is C19H17NO5. The molecule has 6 nitrogen and oxygen atoms in total. The lowest BCUT2D eigenvalue weighted by Gasteiger charge is -2.09. The molecule has 0 radical (unpaired) electrons. The number of rotatable bonds is 5. The molecule has 0 saturated heterocycles. The Labute approximate surface area is 144 Å². The second-order valence-electron chi connectivity index (χ2n) is 5.36. The Morgan fingerprint density at radius 1 is 1.08 bits per heavy atom. The number of hydrogen-bond acceptors (Lipinski definition) is 5. The lowest BCUT2D eigenvalue weighted by molar-refractivity contribution is 0.0597. The molecule has 1 heterocycles. The molecule has 1 N–H and O–H groups in total. The maximum absolute atomic E-state index is 12.3. The highest BCUT2D eigenvalue weighted by atomic mass is 16.5. The van der Waals surface area contributed by atoms with Gasteiger partial charge in [0.2, 0.25) is 0 Å². The number of amides is 1. The minimum atomic E-state index is -0.498. The number of nitrogens with one attached hydrogen (secondary N) is 1. The number of ether oxygens (including phenoxy) is 2. The number of furan rings is 1. The van der Waals surface area contributed by atoms with E-state index in [4.69, 9.17) is 13.9 Å². The van der Waals surface area contributed by atoms with Crippen LogP contribution in [0.2, 0.25) is 0 Å². The maximum atomic E-state index is 12.3. The first-order valence-electron chi connectivity index (χ1n) is 7.64. The Hall–Kier alpha value is -3.28. The first-order valence-corrected chi connectivity index (χ1v) is 7.64. The van der Waals surface area contributed by atoms with Gasteiger partial charge in [-0.05, 0) is 29.8 Å². The van der Waals surface area contributed by atoms with Crippen LogP contribution < -0.4 is 10.1 Å². The van der Waals surface area contributed by atoms with E-state index < -0.39 is 5.97 Å². The van der Waals surface area contributed by atoms with E-state index in [2.05, 4.69) is 5.32 Å². The second-order valence-corrected chi connectivity index (χ2v) is 5.36. The van der Waals surface area contributed by atoms with Crippen molar-refractivity contribution < 1.29 is 23.5 Å². The van der Waals surface area contributed by atoms with E-state index in [1.165, 1.54) is 14.2 Å². The third-order valence-electron chi connectivity index (χ3n) is 3.77. The molecule has 0 spiro atoms. The Bertz CT molecular complexity index is 895. The predicted octanol–water partition coefficient (Wildman–Crippen LogP) is 3.16. The average Bonchev–Trinajstić information content (AvgIpc) is 3.09. The summed E-state index contributed by atoms with van der Waals surface area (Å²) in [7, 11) is 2.78. The highest BCUT2D eigenvalue weighted by molar-refractivity contribution is 5.96. The Balaban J connectivity index is 1.74. The summed E-state index contributed by atoms with van der Waals surface area (Å²) in [5.41, 5.74) is 1.70. The molecule has 1 amide bonds. The minimum absolute atomic E-state index is 0.239. The number of fused-ring (bicyclic) bond motifs is 1. The molecule has 0 aliphatic carbocycles. The van der Waals surface area contributed by atoms with Crippen molar-refractivity contribution in [2.75, 3.05) is 14.2 Å². The summed E-state index contributed by atoms with van der Waals surface area (Å²) in [6, 6.07) is 14.2. The molecule has 6 heteroatoms. The third kappa shape index (κ3) is 3.47. The molecule has 3 aromatic rings. The number of para-hydroxylation sites is 1. The largest absolute Gasteiger partial charge is 0.496 e. The van der Waals surface area contributed by atoms with Gasteiger partial charge >= 0.3 is 5.97 Å². The zero-order chi connectivity index (χ0) is 17.8. The molecule has 0 atom stereocenters. The zero-order valence-corrected chi connectivity index (χ0v) is 13.9. The lowest BCUT2D eigenvalue weighted by atomic mass is 10.1. The van der Waals surface area contributed by atoms with Gasteiger partial charge in [-0.25, -0.2) is 4.79 Å². The highest BCUT2D eigenvalue weighted by Gasteiger charge is 2.15. The van der Waals surface area contributed by atoms with Crippen LogP contribution in [0.3, 0.4) is 0 Å². The van der Waals surface area contributed by atoms with Gasteiger partial charge in [-0.15, -0.1) is 0 Å². The Kier molecular flexibility index (Phi) is 4.70. The standard InChI is InChI=1S/C19H17NO5/c1-23-16-8-7-12(9-14(16)19(22)24-2)11-20-18(21)17-10-13-5-3-4-6-15(13)25-17/h3-10H,11H2,1-2H3,(H,20,21). The lowest BCUT2D eigenvalue weighted by Crippen LogP contribution is -2.22. The molecule has 0 bridgehead atoms. The molecular weight excluding hydrogens is 322 g/mol. The number of carbonyl (C=O) groups excluding carboxylic acids is 2. The second kappa shape index (κ2) is 7.09. The fourth-order valence-electron chi connectivity index (χ4n) is 2.50. The van der Waals surface area contributed by atoms with Crippen molar-refractivity contribution in [2.24, 2.45) is 0 Å². The normalized spacial score (nSPS) is 10.5. The van der Waals surface area contributed by atoms with Crippen molar-refractivity contribution in [2.45, 2.75) is 6.54 Å². The van der Waals surface area contributed by atoms with E-state index >= 15 is 0 Å². The van der Waals surface area contributed by atoms with E-state index in [0.717, 1.165) is 10.9 Å². The van der Waals surface area contributed by atoms with Gasteiger partial charge in [-0.2, -0.15) is 0 Å². The smallest absolute Gasteiger partial charge is 0.341 e. The molecule has 0 saturated carbocycles. The van der Waals surface area contributed by atoms with Crippen molar-refractivity contribution >= 4 is 22.8 Å². The van der Waals surface area contributed by atoms with Gasteiger partial charge in [0.25, 0.3) is 5.91 Å². The zero-order valence-electron chi connectivity index (χ0n) is 13.9. The van der Waals surface area contributed by atoms with Gasteiger partial charge in [0.05, 0.1) is 14.2 Å². The number of benzene rings is 2. The van der Waals surface area contributed by atoms with E-state index in [1.54, 1.807) is 30.3 Å². The third-order valence-corrected chi connectivity index (χ3v) is 3.77. The summed E-state index contributed by atoms with van der Waals surface area (Å²) in [4.78, 5) is 24.1. The topological polar surface area (TPSA) is 77.8 Å². The first-order chi connectivity index (χ1) is 12.1. The molecule has 0 unspecified atom stereocenters. The van der Waals surface area contributed by atoms with Gasteiger partial charge in [0, 0.05) is 11.9 Å². The van der Waals surface area contributed by atoms with Crippen LogP contribution in [0.25, 0.3) is 11.0 Å². The van der Waals surface area contributed by atoms with Crippen LogP contribution in [0.1, 0.15) is 26.5 Å². The minimum Gasteiger partial charge on any atom is -0.496 e. The van der Waals surface area contributed by atoms with Gasteiger partial charge in [-0.3, -0.25) is 4.79 Å². The van der Waals surface area contributed by atoms with Crippen LogP contribution in [0.5, 0.6) is 5.75 Å². The summed E-state index contributed by atoms with van der Waals surface area (Å²) < 4.78 is 15.4. The molecule has 2 aromatic carbocycles. The van der Waals surface area contributed by atoms with Crippen LogP contribution in [0.4, 0.5) is 0 Å². The van der Waals surface area contributed by atoms with E-state index in [9.17, 15) is 9.59 Å². The number of esters is 1. The molecule has 0 aliphatic heterocycles. The van der Waals surface area contributed by atoms with Crippen LogP contribution in [-0.2, 0) is 11.3 Å². The van der Waals surface area contributed by atoms with Crippen LogP contribution in [-0.4, -0.2) is 26.1 Å². The van der Waals surface area contributed by atoms with Gasteiger partial charge < -0.3 is 19.2 Å². The summed E-state index contributed by atoms with van der Waals surface area (Å²) in [5.74, 6) is -0.170. The van der Waals surface area contributed by atoms with Crippen LogP contribution in [0, 0.1) is 0 Å². The van der Waals surface area contributed by atoms with Crippen molar-refractivity contribution in [3.05, 3.63) is 65.4 Å². The molecule has 1 aromatic heterocycles. The van der Waals surface area contributed by atoms with Crippen molar-refractivity contribution in [1.29, 1.82) is 0 Å². The van der Waals surface area contributed by atoms with E-state index in [1.807, 2.05) is 18.2 Å². The fraction of sp³-hybridized carbons (Fsp3) is 0.158. The number of hydrogen-bond donors (Lipinski definition) is 1.